The molecule has 102 valence electrons. The average Bonchev–Trinajstić information content (AvgIpc) is 2.71. The molecule has 0 amide bonds. The quantitative estimate of drug-likeness (QED) is 0.783. The van der Waals surface area contributed by atoms with Gasteiger partial charge in [0.05, 0.1) is 13.2 Å². The second kappa shape index (κ2) is 5.28. The van der Waals surface area contributed by atoms with E-state index < -0.39 is 0 Å². The van der Waals surface area contributed by atoms with Crippen molar-refractivity contribution in [2.24, 2.45) is 0 Å². The van der Waals surface area contributed by atoms with Crippen LogP contribution < -0.4 is 9.47 Å². The molecule has 1 aliphatic heterocycles. The van der Waals surface area contributed by atoms with Crippen molar-refractivity contribution >= 4 is 5.78 Å². The summed E-state index contributed by atoms with van der Waals surface area (Å²) in [7, 11) is 0. The summed E-state index contributed by atoms with van der Waals surface area (Å²) in [6.07, 6.45) is 4.09. The fraction of sp³-hybridized carbons (Fsp3) is 0.267. The molecular formula is C15H14N2O3. The fourth-order valence-corrected chi connectivity index (χ4v) is 1.94. The van der Waals surface area contributed by atoms with Gasteiger partial charge in [0.15, 0.2) is 11.5 Å². The Bertz CT molecular complexity index is 638. The van der Waals surface area contributed by atoms with Gasteiger partial charge in [-0.2, -0.15) is 0 Å². The van der Waals surface area contributed by atoms with E-state index in [-0.39, 0.29) is 11.6 Å². The predicted octanol–water partition coefficient (Wildman–Crippen LogP) is 2.18. The predicted molar refractivity (Wildman–Crippen MR) is 72.3 cm³/mol. The van der Waals surface area contributed by atoms with E-state index in [1.807, 2.05) is 6.92 Å². The first-order chi connectivity index (χ1) is 9.74. The molecule has 0 saturated carbocycles. The highest BCUT2D eigenvalue weighted by molar-refractivity contribution is 6.06. The summed E-state index contributed by atoms with van der Waals surface area (Å²) in [5.41, 5.74) is 1.42. The zero-order chi connectivity index (χ0) is 13.9. The van der Waals surface area contributed by atoms with Gasteiger partial charge >= 0.3 is 0 Å². The lowest BCUT2D eigenvalue weighted by molar-refractivity contribution is 0.102. The van der Waals surface area contributed by atoms with Gasteiger partial charge in [-0.25, -0.2) is 9.97 Å². The van der Waals surface area contributed by atoms with Gasteiger partial charge in [0.25, 0.3) is 0 Å². The van der Waals surface area contributed by atoms with Crippen molar-refractivity contribution in [3.63, 3.8) is 0 Å². The number of hydrogen-bond acceptors (Lipinski definition) is 5. The number of carbonyl (C=O) groups is 1. The molecule has 0 fully saturated rings. The van der Waals surface area contributed by atoms with E-state index in [0.29, 0.717) is 30.3 Å². The number of ether oxygens (including phenoxy) is 2. The molecule has 0 unspecified atom stereocenters. The molecule has 5 heteroatoms. The van der Waals surface area contributed by atoms with Crippen LogP contribution in [0.25, 0.3) is 0 Å². The first-order valence-electron chi connectivity index (χ1n) is 6.47. The minimum absolute atomic E-state index is 0.185. The van der Waals surface area contributed by atoms with Crippen molar-refractivity contribution in [1.82, 2.24) is 9.97 Å². The minimum atomic E-state index is -0.222. The van der Waals surface area contributed by atoms with E-state index in [1.165, 1.54) is 0 Å². The van der Waals surface area contributed by atoms with Crippen LogP contribution in [0.3, 0.4) is 0 Å². The molecule has 0 spiro atoms. The zero-order valence-corrected chi connectivity index (χ0v) is 11.1. The van der Waals surface area contributed by atoms with Crippen LogP contribution in [0.4, 0.5) is 0 Å². The number of ketones is 1. The second-order valence-electron chi connectivity index (χ2n) is 4.63. The number of rotatable bonds is 2. The third kappa shape index (κ3) is 2.47. The van der Waals surface area contributed by atoms with Crippen LogP contribution in [-0.2, 0) is 0 Å². The molecule has 1 aliphatic rings. The number of aromatic nitrogens is 2. The first-order valence-corrected chi connectivity index (χ1v) is 6.47. The zero-order valence-electron chi connectivity index (χ0n) is 11.1. The number of benzene rings is 1. The van der Waals surface area contributed by atoms with Crippen molar-refractivity contribution in [2.75, 3.05) is 13.2 Å². The molecule has 0 N–H and O–H groups in total. The summed E-state index contributed by atoms with van der Waals surface area (Å²) in [6, 6.07) is 5.15. The molecule has 2 aromatic rings. The average molecular weight is 270 g/mol. The lowest BCUT2D eigenvalue weighted by atomic mass is 10.1. The van der Waals surface area contributed by atoms with Gasteiger partial charge in [0.2, 0.25) is 11.6 Å². The summed E-state index contributed by atoms with van der Waals surface area (Å²) in [5, 5.41) is 0. The highest BCUT2D eigenvalue weighted by atomic mass is 16.5. The summed E-state index contributed by atoms with van der Waals surface area (Å²) < 4.78 is 11.1. The van der Waals surface area contributed by atoms with Gasteiger partial charge in [-0.05, 0) is 30.7 Å². The van der Waals surface area contributed by atoms with E-state index >= 15 is 0 Å². The van der Waals surface area contributed by atoms with E-state index in [4.69, 9.17) is 9.47 Å². The standard InChI is InChI=1S/C15H14N2O3/c1-10-8-16-15(17-9-10)14(18)11-3-4-12-13(7-11)20-6-2-5-19-12/h3-4,7-9H,2,5-6H2,1H3. The summed E-state index contributed by atoms with van der Waals surface area (Å²) in [4.78, 5) is 20.4. The second-order valence-corrected chi connectivity index (χ2v) is 4.63. The molecular weight excluding hydrogens is 256 g/mol. The SMILES string of the molecule is Cc1cnc(C(=O)c2ccc3c(c2)OCCCO3)nc1. The Balaban J connectivity index is 1.92. The van der Waals surface area contributed by atoms with Crippen LogP contribution in [0.15, 0.2) is 30.6 Å². The topological polar surface area (TPSA) is 61.3 Å². The normalized spacial score (nSPS) is 13.7. The van der Waals surface area contributed by atoms with Crippen LogP contribution in [0, 0.1) is 6.92 Å². The molecule has 0 aliphatic carbocycles. The lowest BCUT2D eigenvalue weighted by Crippen LogP contribution is -2.07. The van der Waals surface area contributed by atoms with E-state index in [9.17, 15) is 4.79 Å². The smallest absolute Gasteiger partial charge is 0.230 e. The van der Waals surface area contributed by atoms with Crippen molar-refractivity contribution in [3.05, 3.63) is 47.5 Å². The molecule has 3 rings (SSSR count). The van der Waals surface area contributed by atoms with Crippen LogP contribution in [0.5, 0.6) is 11.5 Å². The van der Waals surface area contributed by atoms with Gasteiger partial charge in [-0.15, -0.1) is 0 Å². The van der Waals surface area contributed by atoms with Crippen LogP contribution >= 0.6 is 0 Å². The van der Waals surface area contributed by atoms with Gasteiger partial charge in [0, 0.05) is 24.4 Å². The highest BCUT2D eigenvalue weighted by Crippen LogP contribution is 2.30. The Morgan fingerprint density at radius 3 is 2.55 bits per heavy atom. The van der Waals surface area contributed by atoms with Gasteiger partial charge in [-0.1, -0.05) is 0 Å². The molecule has 0 atom stereocenters. The number of fused-ring (bicyclic) bond motifs is 1. The van der Waals surface area contributed by atoms with Gasteiger partial charge in [0.1, 0.15) is 0 Å². The van der Waals surface area contributed by atoms with E-state index in [1.54, 1.807) is 30.6 Å². The lowest BCUT2D eigenvalue weighted by Gasteiger charge is -2.08. The third-order valence-electron chi connectivity index (χ3n) is 2.99. The molecule has 1 aromatic heterocycles. The van der Waals surface area contributed by atoms with Crippen molar-refractivity contribution in [1.29, 1.82) is 0 Å². The number of nitrogens with zero attached hydrogens (tertiary/aromatic N) is 2. The largest absolute Gasteiger partial charge is 0.490 e. The highest BCUT2D eigenvalue weighted by Gasteiger charge is 2.16. The summed E-state index contributed by atoms with van der Waals surface area (Å²) in [6.45, 7) is 3.09. The maximum atomic E-state index is 12.3. The van der Waals surface area contributed by atoms with Crippen molar-refractivity contribution in [3.8, 4) is 11.5 Å². The molecule has 0 saturated heterocycles. The number of carbonyl (C=O) groups excluding carboxylic acids is 1. The van der Waals surface area contributed by atoms with Gasteiger partial charge in [-0.3, -0.25) is 4.79 Å². The Morgan fingerprint density at radius 2 is 1.80 bits per heavy atom. The summed E-state index contributed by atoms with van der Waals surface area (Å²) >= 11 is 0. The van der Waals surface area contributed by atoms with E-state index in [0.717, 1.165) is 12.0 Å². The maximum absolute atomic E-state index is 12.3. The van der Waals surface area contributed by atoms with Crippen molar-refractivity contribution in [2.45, 2.75) is 13.3 Å². The maximum Gasteiger partial charge on any atom is 0.230 e. The molecule has 2 heterocycles. The number of aryl methyl sites for hydroxylation is 1. The molecule has 20 heavy (non-hydrogen) atoms. The molecule has 0 radical (unpaired) electrons. The molecule has 5 nitrogen and oxygen atoms in total. The minimum Gasteiger partial charge on any atom is -0.490 e. The Morgan fingerprint density at radius 1 is 1.10 bits per heavy atom. The van der Waals surface area contributed by atoms with Crippen LogP contribution in [-0.4, -0.2) is 29.0 Å². The molecule has 0 bridgehead atoms. The Labute approximate surface area is 116 Å². The first kappa shape index (κ1) is 12.6. The third-order valence-corrected chi connectivity index (χ3v) is 2.99. The van der Waals surface area contributed by atoms with E-state index in [2.05, 4.69) is 9.97 Å². The van der Waals surface area contributed by atoms with Crippen LogP contribution in [0.1, 0.15) is 28.2 Å². The molecule has 1 aromatic carbocycles. The van der Waals surface area contributed by atoms with Gasteiger partial charge < -0.3 is 9.47 Å². The Hall–Kier alpha value is -2.43. The van der Waals surface area contributed by atoms with Crippen LogP contribution in [0.2, 0.25) is 0 Å². The monoisotopic (exact) mass is 270 g/mol. The fourth-order valence-electron chi connectivity index (χ4n) is 1.94. The summed E-state index contributed by atoms with van der Waals surface area (Å²) in [5.74, 6) is 1.23. The van der Waals surface area contributed by atoms with Crippen molar-refractivity contribution < 1.29 is 14.3 Å². The Kier molecular flexibility index (Phi) is 3.33. The number of hydrogen-bond donors (Lipinski definition) is 0.